The van der Waals surface area contributed by atoms with Gasteiger partial charge in [0.1, 0.15) is 5.82 Å². The molecule has 0 aliphatic rings. The van der Waals surface area contributed by atoms with Crippen LogP contribution >= 0.6 is 0 Å². The van der Waals surface area contributed by atoms with Crippen LogP contribution in [0.15, 0.2) is 24.4 Å². The van der Waals surface area contributed by atoms with Crippen LogP contribution in [-0.2, 0) is 11.2 Å². The first kappa shape index (κ1) is 12.8. The van der Waals surface area contributed by atoms with Gasteiger partial charge in [0, 0.05) is 18.7 Å². The minimum atomic E-state index is -0.278. The van der Waals surface area contributed by atoms with Gasteiger partial charge in [-0.25, -0.2) is 4.39 Å². The van der Waals surface area contributed by atoms with Crippen molar-refractivity contribution in [3.05, 3.63) is 35.8 Å². The quantitative estimate of drug-likeness (QED) is 0.834. The molecule has 96 valence electrons. The Kier molecular flexibility index (Phi) is 3.77. The zero-order valence-corrected chi connectivity index (χ0v) is 10.6. The van der Waals surface area contributed by atoms with Gasteiger partial charge in [0.2, 0.25) is 5.91 Å². The van der Waals surface area contributed by atoms with Crippen molar-refractivity contribution in [2.24, 2.45) is 0 Å². The van der Waals surface area contributed by atoms with Gasteiger partial charge in [-0.05, 0) is 30.2 Å². The molecule has 0 aliphatic carbocycles. The van der Waals surface area contributed by atoms with Crippen molar-refractivity contribution in [2.45, 2.75) is 19.8 Å². The smallest absolute Gasteiger partial charge is 0.233 e. The predicted molar refractivity (Wildman–Crippen MR) is 68.4 cm³/mol. The number of fused-ring (bicyclic) bond motifs is 1. The molecule has 1 aromatic heterocycles. The maximum atomic E-state index is 13.3. The molecule has 4 heteroatoms. The van der Waals surface area contributed by atoms with Crippen LogP contribution < -0.4 is 0 Å². The molecule has 0 radical (unpaired) electrons. The van der Waals surface area contributed by atoms with Crippen LogP contribution in [0.1, 0.15) is 23.7 Å². The molecule has 2 aromatic rings. The average molecular weight is 249 g/mol. The first-order valence-corrected chi connectivity index (χ1v) is 5.99. The fraction of sp³-hybridized carbons (Fsp3) is 0.357. The van der Waals surface area contributed by atoms with Crippen LogP contribution in [0.4, 0.5) is 4.39 Å². The molecular weight excluding hydrogens is 233 g/mol. The van der Waals surface area contributed by atoms with Gasteiger partial charge in [0.15, 0.2) is 0 Å². The lowest BCUT2D eigenvalue weighted by Crippen LogP contribution is -2.11. The summed E-state index contributed by atoms with van der Waals surface area (Å²) in [6, 6.07) is 4.50. The highest BCUT2D eigenvalue weighted by Crippen LogP contribution is 2.23. The molecule has 0 saturated carbocycles. The van der Waals surface area contributed by atoms with E-state index in [2.05, 4.69) is 0 Å². The Morgan fingerprint density at radius 3 is 2.89 bits per heavy atom. The minimum absolute atomic E-state index is 0.0341. The molecular formula is C14H16FNO2. The topological polar surface area (TPSA) is 31.2 Å². The van der Waals surface area contributed by atoms with Crippen LogP contribution in [-0.4, -0.2) is 24.2 Å². The van der Waals surface area contributed by atoms with E-state index in [1.54, 1.807) is 23.9 Å². The zero-order valence-electron chi connectivity index (χ0n) is 10.6. The summed E-state index contributed by atoms with van der Waals surface area (Å²) in [6.45, 7) is 2.38. The van der Waals surface area contributed by atoms with E-state index in [9.17, 15) is 9.18 Å². The van der Waals surface area contributed by atoms with E-state index in [4.69, 9.17) is 4.74 Å². The van der Waals surface area contributed by atoms with Crippen molar-refractivity contribution in [3.63, 3.8) is 0 Å². The summed E-state index contributed by atoms with van der Waals surface area (Å²) in [7, 11) is 1.56. The Morgan fingerprint density at radius 2 is 2.22 bits per heavy atom. The summed E-state index contributed by atoms with van der Waals surface area (Å²) in [5, 5.41) is 0.809. The molecule has 0 saturated heterocycles. The number of halogens is 1. The molecule has 0 bridgehead atoms. The molecule has 0 aliphatic heterocycles. The standard InChI is InChI=1S/C14H16FNO2/c1-3-10-9-16(14(17)6-7-18-2)13-5-4-11(15)8-12(10)13/h4-5,8-9H,3,6-7H2,1-2H3. The van der Waals surface area contributed by atoms with Gasteiger partial charge >= 0.3 is 0 Å². The Labute approximate surface area is 105 Å². The summed E-state index contributed by atoms with van der Waals surface area (Å²) in [5.74, 6) is -0.313. The van der Waals surface area contributed by atoms with E-state index in [0.717, 1.165) is 22.9 Å². The number of benzene rings is 1. The highest BCUT2D eigenvalue weighted by Gasteiger charge is 2.13. The Hall–Kier alpha value is -1.68. The summed E-state index contributed by atoms with van der Waals surface area (Å²) in [6.07, 6.45) is 2.88. The second-order valence-corrected chi connectivity index (χ2v) is 4.18. The molecule has 3 nitrogen and oxygen atoms in total. The summed E-state index contributed by atoms with van der Waals surface area (Å²) >= 11 is 0. The van der Waals surface area contributed by atoms with Gasteiger partial charge in [0.25, 0.3) is 0 Å². The summed E-state index contributed by atoms with van der Waals surface area (Å²) in [5.41, 5.74) is 1.74. The summed E-state index contributed by atoms with van der Waals surface area (Å²) in [4.78, 5) is 12.0. The molecule has 2 rings (SSSR count). The van der Waals surface area contributed by atoms with E-state index in [1.165, 1.54) is 12.1 Å². The number of ether oxygens (including phenoxy) is 1. The first-order chi connectivity index (χ1) is 8.67. The van der Waals surface area contributed by atoms with Crippen molar-refractivity contribution in [1.82, 2.24) is 4.57 Å². The zero-order chi connectivity index (χ0) is 13.1. The third-order valence-corrected chi connectivity index (χ3v) is 3.02. The number of methoxy groups -OCH3 is 1. The van der Waals surface area contributed by atoms with Crippen molar-refractivity contribution in [3.8, 4) is 0 Å². The number of nitrogens with zero attached hydrogens (tertiary/aromatic N) is 1. The van der Waals surface area contributed by atoms with Crippen molar-refractivity contribution in [2.75, 3.05) is 13.7 Å². The van der Waals surface area contributed by atoms with Crippen molar-refractivity contribution >= 4 is 16.8 Å². The highest BCUT2D eigenvalue weighted by molar-refractivity contribution is 5.94. The minimum Gasteiger partial charge on any atom is -0.384 e. The number of aromatic nitrogens is 1. The number of hydrogen-bond donors (Lipinski definition) is 0. The van der Waals surface area contributed by atoms with E-state index in [-0.39, 0.29) is 11.7 Å². The molecule has 1 aromatic carbocycles. The van der Waals surface area contributed by atoms with Gasteiger partial charge < -0.3 is 4.74 Å². The predicted octanol–water partition coefficient (Wildman–Crippen LogP) is 3.02. The van der Waals surface area contributed by atoms with Gasteiger partial charge in [-0.2, -0.15) is 0 Å². The average Bonchev–Trinajstić information content (AvgIpc) is 2.73. The van der Waals surface area contributed by atoms with Gasteiger partial charge in [0.05, 0.1) is 18.5 Å². The Morgan fingerprint density at radius 1 is 1.44 bits per heavy atom. The molecule has 0 unspecified atom stereocenters. The van der Waals surface area contributed by atoms with Crippen LogP contribution in [0, 0.1) is 5.82 Å². The summed E-state index contributed by atoms with van der Waals surface area (Å²) < 4.78 is 19.7. The van der Waals surface area contributed by atoms with E-state index >= 15 is 0 Å². The van der Waals surface area contributed by atoms with E-state index in [1.807, 2.05) is 6.92 Å². The molecule has 18 heavy (non-hydrogen) atoms. The lowest BCUT2D eigenvalue weighted by molar-refractivity contribution is 0.0856. The Balaban J connectivity index is 2.48. The normalized spacial score (nSPS) is 11.1. The van der Waals surface area contributed by atoms with Gasteiger partial charge in [-0.15, -0.1) is 0 Å². The molecule has 0 N–H and O–H groups in total. The van der Waals surface area contributed by atoms with E-state index < -0.39 is 0 Å². The Bertz CT molecular complexity index is 574. The largest absolute Gasteiger partial charge is 0.384 e. The third kappa shape index (κ3) is 2.29. The molecule has 0 atom stereocenters. The highest BCUT2D eigenvalue weighted by atomic mass is 19.1. The lowest BCUT2D eigenvalue weighted by Gasteiger charge is -2.03. The molecule has 1 heterocycles. The molecule has 0 fully saturated rings. The van der Waals surface area contributed by atoms with Crippen molar-refractivity contribution in [1.29, 1.82) is 0 Å². The number of carbonyl (C=O) groups excluding carboxylic acids is 1. The fourth-order valence-electron chi connectivity index (χ4n) is 2.07. The monoisotopic (exact) mass is 249 g/mol. The number of rotatable bonds is 4. The first-order valence-electron chi connectivity index (χ1n) is 5.99. The van der Waals surface area contributed by atoms with Crippen LogP contribution in [0.25, 0.3) is 10.9 Å². The SMILES string of the molecule is CCc1cn(C(=O)CCOC)c2ccc(F)cc12. The third-order valence-electron chi connectivity index (χ3n) is 3.02. The van der Waals surface area contributed by atoms with Gasteiger partial charge in [-0.1, -0.05) is 6.92 Å². The van der Waals surface area contributed by atoms with Crippen LogP contribution in [0.5, 0.6) is 0 Å². The van der Waals surface area contributed by atoms with E-state index in [0.29, 0.717) is 13.0 Å². The molecule has 0 amide bonds. The lowest BCUT2D eigenvalue weighted by atomic mass is 10.1. The second-order valence-electron chi connectivity index (χ2n) is 4.18. The molecule has 0 spiro atoms. The van der Waals surface area contributed by atoms with Crippen LogP contribution in [0.3, 0.4) is 0 Å². The second kappa shape index (κ2) is 5.31. The fourth-order valence-corrected chi connectivity index (χ4v) is 2.07. The van der Waals surface area contributed by atoms with Gasteiger partial charge in [-0.3, -0.25) is 9.36 Å². The number of aryl methyl sites for hydroxylation is 1. The van der Waals surface area contributed by atoms with Crippen LogP contribution in [0.2, 0.25) is 0 Å². The maximum absolute atomic E-state index is 13.3. The van der Waals surface area contributed by atoms with Crippen molar-refractivity contribution < 1.29 is 13.9 Å². The number of carbonyl (C=O) groups is 1. The maximum Gasteiger partial charge on any atom is 0.233 e. The number of hydrogen-bond acceptors (Lipinski definition) is 2.